The predicted molar refractivity (Wildman–Crippen MR) is 75.2 cm³/mol. The summed E-state index contributed by atoms with van der Waals surface area (Å²) >= 11 is 0. The van der Waals surface area contributed by atoms with Gasteiger partial charge in [0.2, 0.25) is 0 Å². The largest absolute Gasteiger partial charge is 0.287 e. The minimum atomic E-state index is 0.733. The number of nitrogens with zero attached hydrogens (tertiary/aromatic N) is 3. The van der Waals surface area contributed by atoms with Crippen molar-refractivity contribution in [3.63, 3.8) is 0 Å². The second-order valence-electron chi connectivity index (χ2n) is 6.25. The normalized spacial score (nSPS) is 33.7. The molecular weight excluding hydrogens is 222 g/mol. The lowest BCUT2D eigenvalue weighted by atomic mass is 10.0. The second kappa shape index (κ2) is 6.36. The zero-order valence-electron chi connectivity index (χ0n) is 11.8. The van der Waals surface area contributed by atoms with E-state index in [2.05, 4.69) is 14.9 Å². The Labute approximate surface area is 112 Å². The summed E-state index contributed by atoms with van der Waals surface area (Å²) in [5.74, 6) is 0. The maximum atomic E-state index is 2.78. The molecule has 0 amide bonds. The Morgan fingerprint density at radius 3 is 1.89 bits per heavy atom. The highest BCUT2D eigenvalue weighted by Gasteiger charge is 2.32. The van der Waals surface area contributed by atoms with E-state index in [0.717, 1.165) is 6.17 Å². The van der Waals surface area contributed by atoms with Gasteiger partial charge in [-0.25, -0.2) is 10.0 Å². The number of hydrogen-bond acceptors (Lipinski definition) is 3. The van der Waals surface area contributed by atoms with Gasteiger partial charge in [0.15, 0.2) is 0 Å². The van der Waals surface area contributed by atoms with Crippen LogP contribution in [-0.4, -0.2) is 53.8 Å². The average Bonchev–Trinajstić information content (AvgIpc) is 2.49. The fourth-order valence-electron chi connectivity index (χ4n) is 3.95. The molecule has 3 fully saturated rings. The van der Waals surface area contributed by atoms with E-state index in [1.54, 1.807) is 0 Å². The highest BCUT2D eigenvalue weighted by atomic mass is 15.7. The van der Waals surface area contributed by atoms with Gasteiger partial charge in [0.05, 0.1) is 6.17 Å². The summed E-state index contributed by atoms with van der Waals surface area (Å²) < 4.78 is 0. The first-order valence-corrected chi connectivity index (χ1v) is 8.21. The van der Waals surface area contributed by atoms with E-state index in [4.69, 9.17) is 0 Å². The summed E-state index contributed by atoms with van der Waals surface area (Å²) in [6, 6.07) is 0. The van der Waals surface area contributed by atoms with Crippen molar-refractivity contribution in [2.24, 2.45) is 0 Å². The first-order valence-electron chi connectivity index (χ1n) is 8.21. The number of piperidine rings is 3. The van der Waals surface area contributed by atoms with Crippen molar-refractivity contribution in [1.29, 1.82) is 0 Å². The molecule has 3 nitrogen and oxygen atoms in total. The fraction of sp³-hybridized carbons (Fsp3) is 1.00. The van der Waals surface area contributed by atoms with Gasteiger partial charge in [0.1, 0.15) is 0 Å². The zero-order valence-corrected chi connectivity index (χ0v) is 11.8. The van der Waals surface area contributed by atoms with Gasteiger partial charge >= 0.3 is 0 Å². The van der Waals surface area contributed by atoms with Gasteiger partial charge in [-0.1, -0.05) is 12.8 Å². The zero-order chi connectivity index (χ0) is 12.2. The summed E-state index contributed by atoms with van der Waals surface area (Å²) in [5, 5.41) is 5.43. The molecule has 3 aliphatic heterocycles. The molecule has 3 saturated heterocycles. The standard InChI is InChI=1S/C15H29N3/c1-4-10-16(11-5-1)15-9-3-8-14-18(15)17-12-6-2-7-13-17/h15H,1-14H2. The molecule has 0 bridgehead atoms. The molecule has 0 aromatic rings. The van der Waals surface area contributed by atoms with Crippen molar-refractivity contribution >= 4 is 0 Å². The molecule has 1 atom stereocenters. The summed E-state index contributed by atoms with van der Waals surface area (Å²) in [7, 11) is 0. The molecule has 3 rings (SSSR count). The minimum Gasteiger partial charge on any atom is -0.287 e. The Kier molecular flexibility index (Phi) is 4.55. The molecule has 0 saturated carbocycles. The van der Waals surface area contributed by atoms with Crippen molar-refractivity contribution in [2.75, 3.05) is 32.7 Å². The van der Waals surface area contributed by atoms with Crippen molar-refractivity contribution < 1.29 is 0 Å². The van der Waals surface area contributed by atoms with Gasteiger partial charge in [-0.2, -0.15) is 0 Å². The van der Waals surface area contributed by atoms with E-state index in [1.165, 1.54) is 90.5 Å². The molecule has 1 unspecified atom stereocenters. The SMILES string of the molecule is C1CCN(C2CCCCN2N2CCCCC2)CC1. The first kappa shape index (κ1) is 12.9. The van der Waals surface area contributed by atoms with Crippen LogP contribution in [0, 0.1) is 0 Å². The molecule has 104 valence electrons. The van der Waals surface area contributed by atoms with Crippen molar-refractivity contribution in [3.05, 3.63) is 0 Å². The van der Waals surface area contributed by atoms with Gasteiger partial charge in [-0.15, -0.1) is 0 Å². The molecule has 0 aliphatic carbocycles. The Balaban J connectivity index is 1.64. The maximum Gasteiger partial charge on any atom is 0.0760 e. The van der Waals surface area contributed by atoms with Gasteiger partial charge in [-0.3, -0.25) is 4.90 Å². The smallest absolute Gasteiger partial charge is 0.0760 e. The molecule has 18 heavy (non-hydrogen) atoms. The van der Waals surface area contributed by atoms with Crippen LogP contribution in [0.25, 0.3) is 0 Å². The second-order valence-corrected chi connectivity index (χ2v) is 6.25. The predicted octanol–water partition coefficient (Wildman–Crippen LogP) is 2.69. The van der Waals surface area contributed by atoms with Crippen LogP contribution in [0.5, 0.6) is 0 Å². The van der Waals surface area contributed by atoms with E-state index >= 15 is 0 Å². The third-order valence-electron chi connectivity index (χ3n) is 4.95. The number of rotatable bonds is 2. The molecule has 3 heterocycles. The van der Waals surface area contributed by atoms with Gasteiger partial charge in [0.25, 0.3) is 0 Å². The average molecular weight is 251 g/mol. The third kappa shape index (κ3) is 2.89. The highest BCUT2D eigenvalue weighted by Crippen LogP contribution is 2.26. The summed E-state index contributed by atoms with van der Waals surface area (Å²) in [6.45, 7) is 6.61. The lowest BCUT2D eigenvalue weighted by Gasteiger charge is -2.49. The van der Waals surface area contributed by atoms with E-state index in [-0.39, 0.29) is 0 Å². The lowest BCUT2D eigenvalue weighted by Crippen LogP contribution is -2.59. The van der Waals surface area contributed by atoms with Crippen LogP contribution in [0.4, 0.5) is 0 Å². The molecule has 3 heteroatoms. The van der Waals surface area contributed by atoms with E-state index in [1.807, 2.05) is 0 Å². The Morgan fingerprint density at radius 2 is 1.17 bits per heavy atom. The van der Waals surface area contributed by atoms with Gasteiger partial charge in [0, 0.05) is 19.6 Å². The molecule has 0 radical (unpaired) electrons. The third-order valence-corrected chi connectivity index (χ3v) is 4.95. The molecule has 0 N–H and O–H groups in total. The molecule has 0 spiro atoms. The minimum absolute atomic E-state index is 0.733. The van der Waals surface area contributed by atoms with Crippen LogP contribution in [-0.2, 0) is 0 Å². The highest BCUT2D eigenvalue weighted by molar-refractivity contribution is 4.80. The van der Waals surface area contributed by atoms with Gasteiger partial charge in [-0.05, 0) is 58.0 Å². The number of likely N-dealkylation sites (tertiary alicyclic amines) is 1. The van der Waals surface area contributed by atoms with Crippen LogP contribution >= 0.6 is 0 Å². The molecule has 0 aromatic carbocycles. The number of hydrazine groups is 1. The molecule has 0 aromatic heterocycles. The quantitative estimate of drug-likeness (QED) is 0.747. The molecule has 3 aliphatic rings. The Morgan fingerprint density at radius 1 is 0.556 bits per heavy atom. The Bertz CT molecular complexity index is 218. The van der Waals surface area contributed by atoms with Crippen LogP contribution in [0.3, 0.4) is 0 Å². The van der Waals surface area contributed by atoms with Crippen LogP contribution in [0.2, 0.25) is 0 Å². The van der Waals surface area contributed by atoms with Gasteiger partial charge < -0.3 is 0 Å². The maximum absolute atomic E-state index is 2.78. The van der Waals surface area contributed by atoms with Crippen LogP contribution in [0.15, 0.2) is 0 Å². The number of hydrogen-bond donors (Lipinski definition) is 0. The fourth-order valence-corrected chi connectivity index (χ4v) is 3.95. The first-order chi connectivity index (χ1) is 8.95. The van der Waals surface area contributed by atoms with Crippen molar-refractivity contribution in [3.8, 4) is 0 Å². The lowest BCUT2D eigenvalue weighted by molar-refractivity contribution is -0.141. The van der Waals surface area contributed by atoms with Crippen molar-refractivity contribution in [1.82, 2.24) is 14.9 Å². The van der Waals surface area contributed by atoms with E-state index < -0.39 is 0 Å². The summed E-state index contributed by atoms with van der Waals surface area (Å²) in [6.07, 6.45) is 13.5. The van der Waals surface area contributed by atoms with Crippen molar-refractivity contribution in [2.45, 2.75) is 64.0 Å². The van der Waals surface area contributed by atoms with Crippen LogP contribution in [0.1, 0.15) is 57.8 Å². The monoisotopic (exact) mass is 251 g/mol. The topological polar surface area (TPSA) is 9.72 Å². The van der Waals surface area contributed by atoms with E-state index in [9.17, 15) is 0 Å². The summed E-state index contributed by atoms with van der Waals surface area (Å²) in [4.78, 5) is 2.78. The Hall–Kier alpha value is -0.120. The van der Waals surface area contributed by atoms with E-state index in [0.29, 0.717) is 0 Å². The van der Waals surface area contributed by atoms with Crippen LogP contribution < -0.4 is 0 Å². The molecular formula is C15H29N3. The summed E-state index contributed by atoms with van der Waals surface area (Å²) in [5.41, 5.74) is 0.